The maximum absolute atomic E-state index is 13.1. The fourth-order valence-electron chi connectivity index (χ4n) is 4.21. The molecule has 0 aliphatic carbocycles. The standard InChI is InChI=1S/C24H40N2O3/c1-19(2)17-24(28-5,18-20(3)4)23(27)25-21-9-11-22(12-10-21)29-16-8-15-26-13-6-7-14-26/h9-12,19-20H,6-8,13-18H2,1-5H3,(H,25,27). The van der Waals surface area contributed by atoms with Crippen molar-refractivity contribution in [3.63, 3.8) is 0 Å². The van der Waals surface area contributed by atoms with Crippen molar-refractivity contribution in [3.8, 4) is 5.75 Å². The van der Waals surface area contributed by atoms with Crippen LogP contribution in [0.1, 0.15) is 59.8 Å². The minimum atomic E-state index is -0.799. The van der Waals surface area contributed by atoms with Gasteiger partial charge in [-0.05, 0) is 81.3 Å². The number of ether oxygens (including phenoxy) is 2. The topological polar surface area (TPSA) is 50.8 Å². The average molecular weight is 405 g/mol. The molecule has 1 aliphatic rings. The van der Waals surface area contributed by atoms with Crippen LogP contribution in [-0.4, -0.2) is 49.8 Å². The van der Waals surface area contributed by atoms with Crippen molar-refractivity contribution in [1.29, 1.82) is 0 Å². The molecular weight excluding hydrogens is 364 g/mol. The van der Waals surface area contributed by atoms with Gasteiger partial charge in [-0.2, -0.15) is 0 Å². The molecule has 29 heavy (non-hydrogen) atoms. The van der Waals surface area contributed by atoms with Gasteiger partial charge < -0.3 is 19.7 Å². The van der Waals surface area contributed by atoms with Crippen molar-refractivity contribution in [2.24, 2.45) is 11.8 Å². The zero-order valence-corrected chi connectivity index (χ0v) is 19.0. The van der Waals surface area contributed by atoms with Crippen LogP contribution in [-0.2, 0) is 9.53 Å². The van der Waals surface area contributed by atoms with E-state index in [0.29, 0.717) is 24.7 Å². The fraction of sp³-hybridized carbons (Fsp3) is 0.708. The molecule has 0 saturated carbocycles. The van der Waals surface area contributed by atoms with Gasteiger partial charge in [-0.3, -0.25) is 4.79 Å². The first-order chi connectivity index (χ1) is 13.8. The Morgan fingerprint density at radius 1 is 1.07 bits per heavy atom. The average Bonchev–Trinajstić information content (AvgIpc) is 3.18. The number of nitrogens with one attached hydrogen (secondary N) is 1. The number of benzene rings is 1. The van der Waals surface area contributed by atoms with Crippen molar-refractivity contribution in [2.45, 2.75) is 65.4 Å². The summed E-state index contributed by atoms with van der Waals surface area (Å²) in [6.45, 7) is 12.8. The Hall–Kier alpha value is -1.59. The van der Waals surface area contributed by atoms with Gasteiger partial charge in [-0.15, -0.1) is 0 Å². The van der Waals surface area contributed by atoms with Crippen LogP contribution in [0.5, 0.6) is 5.75 Å². The minimum Gasteiger partial charge on any atom is -0.494 e. The zero-order chi connectivity index (χ0) is 21.3. The van der Waals surface area contributed by atoms with E-state index in [2.05, 4.69) is 37.9 Å². The summed E-state index contributed by atoms with van der Waals surface area (Å²) in [6.07, 6.45) is 5.09. The third-order valence-electron chi connectivity index (χ3n) is 5.48. The quantitative estimate of drug-likeness (QED) is 0.500. The molecule has 1 aromatic carbocycles. The van der Waals surface area contributed by atoms with Gasteiger partial charge in [-0.25, -0.2) is 0 Å². The normalized spacial score (nSPS) is 15.3. The molecule has 1 aliphatic heterocycles. The van der Waals surface area contributed by atoms with Crippen LogP contribution in [0.4, 0.5) is 5.69 Å². The molecule has 0 unspecified atom stereocenters. The Morgan fingerprint density at radius 3 is 2.17 bits per heavy atom. The number of methoxy groups -OCH3 is 1. The van der Waals surface area contributed by atoms with E-state index < -0.39 is 5.60 Å². The van der Waals surface area contributed by atoms with Gasteiger partial charge in [-0.1, -0.05) is 27.7 Å². The van der Waals surface area contributed by atoms with E-state index in [1.54, 1.807) is 7.11 Å². The second-order valence-electron chi connectivity index (χ2n) is 9.12. The molecule has 164 valence electrons. The van der Waals surface area contributed by atoms with Crippen LogP contribution in [0.25, 0.3) is 0 Å². The summed E-state index contributed by atoms with van der Waals surface area (Å²) in [7, 11) is 1.64. The molecule has 2 rings (SSSR count). The summed E-state index contributed by atoms with van der Waals surface area (Å²) in [5.74, 6) is 1.51. The maximum Gasteiger partial charge on any atom is 0.256 e. The van der Waals surface area contributed by atoms with Gasteiger partial charge in [0, 0.05) is 19.3 Å². The first-order valence-electron chi connectivity index (χ1n) is 11.2. The van der Waals surface area contributed by atoms with Crippen LogP contribution in [0.2, 0.25) is 0 Å². The molecule has 0 bridgehead atoms. The van der Waals surface area contributed by atoms with Crippen LogP contribution in [0, 0.1) is 11.8 Å². The lowest BCUT2D eigenvalue weighted by atomic mass is 9.84. The number of anilines is 1. The molecule has 1 amide bonds. The molecule has 5 heteroatoms. The molecule has 0 radical (unpaired) electrons. The number of rotatable bonds is 12. The lowest BCUT2D eigenvalue weighted by Crippen LogP contribution is -2.46. The van der Waals surface area contributed by atoms with Crippen molar-refractivity contribution < 1.29 is 14.3 Å². The molecule has 0 atom stereocenters. The summed E-state index contributed by atoms with van der Waals surface area (Å²) in [6, 6.07) is 7.65. The Kier molecular flexibility index (Phi) is 9.44. The molecule has 1 fully saturated rings. The van der Waals surface area contributed by atoms with E-state index in [-0.39, 0.29) is 5.91 Å². The zero-order valence-electron chi connectivity index (χ0n) is 19.0. The Labute approximate surface area is 177 Å². The highest BCUT2D eigenvalue weighted by molar-refractivity contribution is 5.97. The highest BCUT2D eigenvalue weighted by atomic mass is 16.5. The summed E-state index contributed by atoms with van der Waals surface area (Å²) >= 11 is 0. The number of likely N-dealkylation sites (tertiary alicyclic amines) is 1. The van der Waals surface area contributed by atoms with Crippen molar-refractivity contribution in [2.75, 3.05) is 38.7 Å². The van der Waals surface area contributed by atoms with Crippen LogP contribution < -0.4 is 10.1 Å². The number of hydrogen-bond acceptors (Lipinski definition) is 4. The highest BCUT2D eigenvalue weighted by Crippen LogP contribution is 2.30. The van der Waals surface area contributed by atoms with Gasteiger partial charge >= 0.3 is 0 Å². The second-order valence-corrected chi connectivity index (χ2v) is 9.12. The SMILES string of the molecule is COC(CC(C)C)(CC(C)C)C(=O)Nc1ccc(OCCCN2CCCC2)cc1. The molecule has 1 aromatic rings. The third kappa shape index (κ3) is 7.63. The van der Waals surface area contributed by atoms with Crippen LogP contribution in [0.15, 0.2) is 24.3 Å². The molecule has 1 heterocycles. The monoisotopic (exact) mass is 404 g/mol. The van der Waals surface area contributed by atoms with Crippen molar-refractivity contribution >= 4 is 11.6 Å². The number of carbonyl (C=O) groups is 1. The number of hydrogen-bond donors (Lipinski definition) is 1. The van der Waals surface area contributed by atoms with E-state index in [1.807, 2.05) is 24.3 Å². The van der Waals surface area contributed by atoms with Gasteiger partial charge in [0.25, 0.3) is 5.91 Å². The molecule has 1 saturated heterocycles. The second kappa shape index (κ2) is 11.6. The highest BCUT2D eigenvalue weighted by Gasteiger charge is 2.39. The summed E-state index contributed by atoms with van der Waals surface area (Å²) in [5, 5.41) is 3.05. The van der Waals surface area contributed by atoms with E-state index >= 15 is 0 Å². The van der Waals surface area contributed by atoms with Gasteiger partial charge in [0.2, 0.25) is 0 Å². The predicted molar refractivity (Wildman–Crippen MR) is 120 cm³/mol. The van der Waals surface area contributed by atoms with Crippen LogP contribution >= 0.6 is 0 Å². The Morgan fingerprint density at radius 2 is 1.66 bits per heavy atom. The Balaban J connectivity index is 1.88. The van der Waals surface area contributed by atoms with Crippen LogP contribution in [0.3, 0.4) is 0 Å². The largest absolute Gasteiger partial charge is 0.494 e. The molecule has 5 nitrogen and oxygen atoms in total. The Bertz CT molecular complexity index is 597. The van der Waals surface area contributed by atoms with Crippen molar-refractivity contribution in [1.82, 2.24) is 4.90 Å². The molecule has 1 N–H and O–H groups in total. The van der Waals surface area contributed by atoms with E-state index in [4.69, 9.17) is 9.47 Å². The number of amides is 1. The number of carbonyl (C=O) groups excluding carboxylic acids is 1. The van der Waals surface area contributed by atoms with E-state index in [0.717, 1.165) is 31.0 Å². The maximum atomic E-state index is 13.1. The smallest absolute Gasteiger partial charge is 0.256 e. The molecular formula is C24H40N2O3. The summed E-state index contributed by atoms with van der Waals surface area (Å²) < 4.78 is 11.6. The first kappa shape index (κ1) is 23.7. The van der Waals surface area contributed by atoms with Gasteiger partial charge in [0.15, 0.2) is 0 Å². The van der Waals surface area contributed by atoms with E-state index in [9.17, 15) is 4.79 Å². The lowest BCUT2D eigenvalue weighted by molar-refractivity contribution is -0.142. The number of nitrogens with zero attached hydrogens (tertiary/aromatic N) is 1. The van der Waals surface area contributed by atoms with Gasteiger partial charge in [0.05, 0.1) is 6.61 Å². The molecule has 0 aromatic heterocycles. The molecule has 0 spiro atoms. The van der Waals surface area contributed by atoms with E-state index in [1.165, 1.54) is 25.9 Å². The van der Waals surface area contributed by atoms with Crippen molar-refractivity contribution in [3.05, 3.63) is 24.3 Å². The minimum absolute atomic E-state index is 0.0679. The predicted octanol–water partition coefficient (Wildman–Crippen LogP) is 4.97. The fourth-order valence-corrected chi connectivity index (χ4v) is 4.21. The lowest BCUT2D eigenvalue weighted by Gasteiger charge is -2.34. The third-order valence-corrected chi connectivity index (χ3v) is 5.48. The summed E-state index contributed by atoms with van der Waals surface area (Å²) in [4.78, 5) is 15.6. The van der Waals surface area contributed by atoms with Gasteiger partial charge in [0.1, 0.15) is 11.4 Å². The first-order valence-corrected chi connectivity index (χ1v) is 11.2. The summed E-state index contributed by atoms with van der Waals surface area (Å²) in [5.41, 5.74) is -0.0269.